The number of nitrogens with one attached hydrogen (secondary N) is 3. The van der Waals surface area contributed by atoms with Crippen LogP contribution in [0.15, 0.2) is 36.8 Å². The average Bonchev–Trinajstić information content (AvgIpc) is 3.20. The van der Waals surface area contributed by atoms with Crippen molar-refractivity contribution in [3.63, 3.8) is 0 Å². The Morgan fingerprint density at radius 2 is 1.93 bits per heavy atom. The number of aromatic nitrogens is 2. The molecule has 0 unspecified atom stereocenters. The van der Waals surface area contributed by atoms with Gasteiger partial charge in [0.1, 0.15) is 6.04 Å². The molecular formula is C21H28N4O2. The van der Waals surface area contributed by atoms with Crippen LogP contribution in [0.4, 0.5) is 0 Å². The number of aromatic amines is 1. The van der Waals surface area contributed by atoms with Gasteiger partial charge in [-0.1, -0.05) is 49.1 Å². The maximum Gasteiger partial charge on any atom is 0.243 e. The maximum absolute atomic E-state index is 12.8. The Labute approximate surface area is 160 Å². The Balaban J connectivity index is 1.61. The summed E-state index contributed by atoms with van der Waals surface area (Å²) >= 11 is 0. The molecular weight excluding hydrogens is 340 g/mol. The first-order chi connectivity index (χ1) is 13.1. The van der Waals surface area contributed by atoms with Gasteiger partial charge >= 0.3 is 0 Å². The van der Waals surface area contributed by atoms with Crippen LogP contribution in [-0.4, -0.2) is 27.8 Å². The van der Waals surface area contributed by atoms with E-state index in [1.54, 1.807) is 12.5 Å². The van der Waals surface area contributed by atoms with Gasteiger partial charge in [-0.25, -0.2) is 4.98 Å². The zero-order valence-corrected chi connectivity index (χ0v) is 15.8. The van der Waals surface area contributed by atoms with Crippen molar-refractivity contribution < 1.29 is 9.59 Å². The molecule has 1 aromatic heterocycles. The van der Waals surface area contributed by atoms with Gasteiger partial charge in [0.05, 0.1) is 6.33 Å². The minimum atomic E-state index is -0.606. The molecule has 1 aliphatic carbocycles. The van der Waals surface area contributed by atoms with Crippen LogP contribution in [0.25, 0.3) is 0 Å². The number of hydrogen-bond acceptors (Lipinski definition) is 3. The van der Waals surface area contributed by atoms with Crippen LogP contribution < -0.4 is 10.6 Å². The van der Waals surface area contributed by atoms with Crippen molar-refractivity contribution in [1.82, 2.24) is 20.6 Å². The summed E-state index contributed by atoms with van der Waals surface area (Å²) in [5.41, 5.74) is 3.05. The van der Waals surface area contributed by atoms with Crippen LogP contribution in [0.3, 0.4) is 0 Å². The standard InChI is InChI=1S/C21H28N4O2/c1-15-7-9-16(10-8-15)12-23-21(27)19(11-18-13-22-14-24-18)25-20(26)17-5-3-2-4-6-17/h7-10,13-14,17,19H,2-6,11-12H2,1H3,(H,22,24)(H,23,27)(H,25,26)/t19-/m1/s1. The van der Waals surface area contributed by atoms with Gasteiger partial charge in [-0.3, -0.25) is 9.59 Å². The molecule has 0 bridgehead atoms. The number of carbonyl (C=O) groups excluding carboxylic acids is 2. The number of hydrogen-bond donors (Lipinski definition) is 3. The van der Waals surface area contributed by atoms with E-state index >= 15 is 0 Å². The highest BCUT2D eigenvalue weighted by Gasteiger charge is 2.27. The Morgan fingerprint density at radius 3 is 2.59 bits per heavy atom. The van der Waals surface area contributed by atoms with Crippen LogP contribution in [0.5, 0.6) is 0 Å². The lowest BCUT2D eigenvalue weighted by Gasteiger charge is -2.24. The third-order valence-electron chi connectivity index (χ3n) is 5.18. The lowest BCUT2D eigenvalue weighted by molar-refractivity contribution is -0.131. The summed E-state index contributed by atoms with van der Waals surface area (Å²) < 4.78 is 0. The highest BCUT2D eigenvalue weighted by molar-refractivity contribution is 5.88. The van der Waals surface area contributed by atoms with Crippen LogP contribution in [-0.2, 0) is 22.6 Å². The number of rotatable bonds is 7. The Bertz CT molecular complexity index is 734. The number of H-pyrrole nitrogens is 1. The van der Waals surface area contributed by atoms with E-state index in [1.165, 1.54) is 12.0 Å². The zero-order chi connectivity index (χ0) is 19.1. The van der Waals surface area contributed by atoms with E-state index in [0.717, 1.165) is 36.9 Å². The first kappa shape index (κ1) is 19.1. The molecule has 1 aliphatic rings. The predicted octanol–water partition coefficient (Wildman–Crippen LogP) is 2.64. The largest absolute Gasteiger partial charge is 0.350 e. The Morgan fingerprint density at radius 1 is 1.19 bits per heavy atom. The number of nitrogens with zero attached hydrogens (tertiary/aromatic N) is 1. The highest BCUT2D eigenvalue weighted by atomic mass is 16.2. The van der Waals surface area contributed by atoms with Gasteiger partial charge in [0.2, 0.25) is 11.8 Å². The van der Waals surface area contributed by atoms with Gasteiger partial charge in [-0.05, 0) is 25.3 Å². The highest BCUT2D eigenvalue weighted by Crippen LogP contribution is 2.23. The molecule has 1 atom stereocenters. The van der Waals surface area contributed by atoms with Crippen LogP contribution in [0, 0.1) is 12.8 Å². The molecule has 0 spiro atoms. The fourth-order valence-electron chi connectivity index (χ4n) is 3.50. The lowest BCUT2D eigenvalue weighted by atomic mass is 9.88. The van der Waals surface area contributed by atoms with E-state index in [1.807, 2.05) is 31.2 Å². The molecule has 144 valence electrons. The fraction of sp³-hybridized carbons (Fsp3) is 0.476. The van der Waals surface area contributed by atoms with Crippen molar-refractivity contribution in [3.05, 3.63) is 53.6 Å². The quantitative estimate of drug-likeness (QED) is 0.702. The van der Waals surface area contributed by atoms with Gasteiger partial charge < -0.3 is 15.6 Å². The van der Waals surface area contributed by atoms with Crippen molar-refractivity contribution in [2.45, 2.75) is 58.0 Å². The molecule has 0 aliphatic heterocycles. The van der Waals surface area contributed by atoms with E-state index in [0.29, 0.717) is 13.0 Å². The summed E-state index contributed by atoms with van der Waals surface area (Å²) in [6.07, 6.45) is 8.86. The molecule has 1 aromatic carbocycles. The van der Waals surface area contributed by atoms with E-state index in [-0.39, 0.29) is 17.7 Å². The monoisotopic (exact) mass is 368 g/mol. The Kier molecular flexibility index (Phi) is 6.63. The number of amides is 2. The first-order valence-electron chi connectivity index (χ1n) is 9.72. The van der Waals surface area contributed by atoms with Gasteiger partial charge in [0.25, 0.3) is 0 Å². The lowest BCUT2D eigenvalue weighted by Crippen LogP contribution is -2.49. The van der Waals surface area contributed by atoms with Crippen LogP contribution >= 0.6 is 0 Å². The molecule has 6 heteroatoms. The zero-order valence-electron chi connectivity index (χ0n) is 15.8. The molecule has 3 N–H and O–H groups in total. The molecule has 1 fully saturated rings. The number of imidazole rings is 1. The minimum absolute atomic E-state index is 0.00954. The average molecular weight is 368 g/mol. The minimum Gasteiger partial charge on any atom is -0.350 e. The third-order valence-corrected chi connectivity index (χ3v) is 5.18. The molecule has 6 nitrogen and oxygen atoms in total. The molecule has 2 aromatic rings. The fourth-order valence-corrected chi connectivity index (χ4v) is 3.50. The molecule has 1 saturated carbocycles. The number of aryl methyl sites for hydroxylation is 1. The van der Waals surface area contributed by atoms with Crippen molar-refractivity contribution in [2.75, 3.05) is 0 Å². The van der Waals surface area contributed by atoms with Crippen LogP contribution in [0.2, 0.25) is 0 Å². The summed E-state index contributed by atoms with van der Waals surface area (Å²) in [7, 11) is 0. The summed E-state index contributed by atoms with van der Waals surface area (Å²) in [6, 6.07) is 7.44. The van der Waals surface area contributed by atoms with Gasteiger partial charge in [0, 0.05) is 30.8 Å². The van der Waals surface area contributed by atoms with Crippen molar-refractivity contribution in [2.24, 2.45) is 5.92 Å². The molecule has 1 heterocycles. The summed E-state index contributed by atoms with van der Waals surface area (Å²) in [5, 5.41) is 5.92. The van der Waals surface area contributed by atoms with Gasteiger partial charge in [-0.2, -0.15) is 0 Å². The van der Waals surface area contributed by atoms with E-state index < -0.39 is 6.04 Å². The maximum atomic E-state index is 12.8. The summed E-state index contributed by atoms with van der Waals surface area (Å²) in [5.74, 6) is -0.160. The van der Waals surface area contributed by atoms with Gasteiger partial charge in [-0.15, -0.1) is 0 Å². The van der Waals surface area contributed by atoms with E-state index in [4.69, 9.17) is 0 Å². The van der Waals surface area contributed by atoms with Crippen molar-refractivity contribution in [3.8, 4) is 0 Å². The molecule has 27 heavy (non-hydrogen) atoms. The van der Waals surface area contributed by atoms with Gasteiger partial charge in [0.15, 0.2) is 0 Å². The molecule has 3 rings (SSSR count). The number of carbonyl (C=O) groups is 2. The van der Waals surface area contributed by atoms with Crippen molar-refractivity contribution >= 4 is 11.8 Å². The van der Waals surface area contributed by atoms with Crippen LogP contribution in [0.1, 0.15) is 48.9 Å². The molecule has 0 radical (unpaired) electrons. The second-order valence-corrected chi connectivity index (χ2v) is 7.38. The summed E-state index contributed by atoms with van der Waals surface area (Å²) in [4.78, 5) is 32.4. The van der Waals surface area contributed by atoms with E-state index in [9.17, 15) is 9.59 Å². The topological polar surface area (TPSA) is 86.9 Å². The molecule has 2 amide bonds. The predicted molar refractivity (Wildman–Crippen MR) is 104 cm³/mol. The normalized spacial score (nSPS) is 15.9. The second-order valence-electron chi connectivity index (χ2n) is 7.38. The van der Waals surface area contributed by atoms with Crippen molar-refractivity contribution in [1.29, 1.82) is 0 Å². The molecule has 0 saturated heterocycles. The number of benzene rings is 1. The first-order valence-corrected chi connectivity index (χ1v) is 9.72. The smallest absolute Gasteiger partial charge is 0.243 e. The SMILES string of the molecule is Cc1ccc(CNC(=O)[C@@H](Cc2cnc[nH]2)NC(=O)C2CCCCC2)cc1. The van der Waals surface area contributed by atoms with E-state index in [2.05, 4.69) is 20.6 Å². The summed E-state index contributed by atoms with van der Waals surface area (Å²) in [6.45, 7) is 2.47. The second kappa shape index (κ2) is 9.35. The Hall–Kier alpha value is -2.63. The third kappa shape index (κ3) is 5.67.